The molecule has 7 nitrogen and oxygen atoms in total. The van der Waals surface area contributed by atoms with Crippen molar-refractivity contribution in [2.75, 3.05) is 30.9 Å². The zero-order valence-corrected chi connectivity index (χ0v) is 12.3. The van der Waals surface area contributed by atoms with E-state index in [9.17, 15) is 14.9 Å². The van der Waals surface area contributed by atoms with Crippen molar-refractivity contribution in [3.05, 3.63) is 33.9 Å². The third-order valence-electron chi connectivity index (χ3n) is 2.52. The second-order valence-electron chi connectivity index (χ2n) is 5.39. The summed E-state index contributed by atoms with van der Waals surface area (Å²) in [7, 11) is 0. The second kappa shape index (κ2) is 6.31. The van der Waals surface area contributed by atoms with Gasteiger partial charge in [0.1, 0.15) is 11.2 Å². The molecule has 1 heterocycles. The first-order chi connectivity index (χ1) is 13.2. The average molecular weight is 315 g/mol. The lowest BCUT2D eigenvalue weighted by Crippen LogP contribution is -2.43. The molecule has 0 saturated carbocycles. The Labute approximate surface area is 140 Å². The van der Waals surface area contributed by atoms with Crippen LogP contribution in [-0.2, 0) is 4.74 Å². The molecule has 0 radical (unpaired) electrons. The minimum Gasteiger partial charge on any atom is -0.456 e. The van der Waals surface area contributed by atoms with Gasteiger partial charge in [0.2, 0.25) is 0 Å². The molecule has 120 valence electrons. The van der Waals surface area contributed by atoms with Crippen LogP contribution in [0.3, 0.4) is 0 Å². The van der Waals surface area contributed by atoms with E-state index in [-0.39, 0.29) is 4.90 Å². The summed E-state index contributed by atoms with van der Waals surface area (Å²) in [6.07, 6.45) is 0. The number of esters is 1. The van der Waals surface area contributed by atoms with Gasteiger partial charge in [0.25, 0.3) is 5.69 Å². The quantitative estimate of drug-likeness (QED) is 0.521. The van der Waals surface area contributed by atoms with Crippen LogP contribution in [-0.4, -0.2) is 42.5 Å². The Morgan fingerprint density at radius 3 is 2.59 bits per heavy atom. The monoisotopic (exact) mass is 315 g/mol. The van der Waals surface area contributed by atoms with Crippen molar-refractivity contribution in [1.82, 2.24) is 5.32 Å². The molecular formula is C15H21N3O4. The van der Waals surface area contributed by atoms with E-state index in [0.29, 0.717) is 6.07 Å². The van der Waals surface area contributed by atoms with Gasteiger partial charge in [-0.25, -0.2) is 4.79 Å². The number of piperazine rings is 1. The minimum absolute atomic E-state index is 0.155. The van der Waals surface area contributed by atoms with Crippen molar-refractivity contribution < 1.29 is 25.4 Å². The lowest BCUT2D eigenvalue weighted by Gasteiger charge is -2.29. The number of hydrogen-bond donors (Lipinski definition) is 1. The second-order valence-corrected chi connectivity index (χ2v) is 5.39. The van der Waals surface area contributed by atoms with E-state index in [4.69, 9.17) is 15.7 Å². The first-order valence-corrected chi connectivity index (χ1v) is 6.36. The standard InChI is InChI=1S/C15H21N3O4/c1-15(2,3)22-14(19)12-5-4-11(10-13(12)18(20)21)17-8-6-16-7-9-17/h4-5,10,16H,6-9H2,1-3H3/i6D2,7D2,8D2,9D2. The summed E-state index contributed by atoms with van der Waals surface area (Å²) in [6.45, 7) is -7.80. The molecule has 0 aromatic heterocycles. The van der Waals surface area contributed by atoms with Gasteiger partial charge >= 0.3 is 5.97 Å². The molecule has 2 rings (SSSR count). The highest BCUT2D eigenvalue weighted by Crippen LogP contribution is 2.27. The summed E-state index contributed by atoms with van der Waals surface area (Å²) < 4.78 is 68.7. The molecule has 1 N–H and O–H groups in total. The van der Waals surface area contributed by atoms with Crippen molar-refractivity contribution in [2.45, 2.75) is 26.4 Å². The summed E-state index contributed by atoms with van der Waals surface area (Å²) in [5, 5.41) is 13.2. The van der Waals surface area contributed by atoms with Crippen LogP contribution in [0.2, 0.25) is 0 Å². The highest BCUT2D eigenvalue weighted by Gasteiger charge is 2.26. The van der Waals surface area contributed by atoms with Crippen molar-refractivity contribution in [3.63, 3.8) is 0 Å². The van der Waals surface area contributed by atoms with Gasteiger partial charge in [0.05, 0.1) is 10.4 Å². The molecule has 1 aromatic carbocycles. The summed E-state index contributed by atoms with van der Waals surface area (Å²) >= 11 is 0. The predicted molar refractivity (Wildman–Crippen MR) is 83.3 cm³/mol. The number of nitrogens with zero attached hydrogens (tertiary/aromatic N) is 2. The molecule has 0 spiro atoms. The van der Waals surface area contributed by atoms with E-state index in [1.807, 2.05) is 0 Å². The molecule has 0 atom stereocenters. The summed E-state index contributed by atoms with van der Waals surface area (Å²) in [4.78, 5) is 23.1. The number of carbonyl (C=O) groups is 1. The fourth-order valence-electron chi connectivity index (χ4n) is 1.67. The van der Waals surface area contributed by atoms with E-state index in [2.05, 4.69) is 0 Å². The summed E-state index contributed by atoms with van der Waals surface area (Å²) in [5.74, 6) is -1.03. The van der Waals surface area contributed by atoms with Crippen LogP contribution >= 0.6 is 0 Å². The molecular weight excluding hydrogens is 286 g/mol. The third kappa shape index (κ3) is 3.94. The van der Waals surface area contributed by atoms with Crippen LogP contribution in [0.4, 0.5) is 11.4 Å². The normalized spacial score (nSPS) is 30.0. The Morgan fingerprint density at radius 1 is 1.41 bits per heavy atom. The van der Waals surface area contributed by atoms with E-state index in [0.717, 1.165) is 12.1 Å². The van der Waals surface area contributed by atoms with Gasteiger partial charge in [-0.1, -0.05) is 0 Å². The number of benzene rings is 1. The van der Waals surface area contributed by atoms with Crippen molar-refractivity contribution in [2.24, 2.45) is 0 Å². The first-order valence-electron chi connectivity index (χ1n) is 10.4. The van der Waals surface area contributed by atoms with Crippen LogP contribution in [0.25, 0.3) is 0 Å². The lowest BCUT2D eigenvalue weighted by molar-refractivity contribution is -0.385. The zero-order valence-electron chi connectivity index (χ0n) is 20.3. The van der Waals surface area contributed by atoms with Gasteiger partial charge in [-0.2, -0.15) is 0 Å². The molecule has 1 saturated heterocycles. The number of carbonyl (C=O) groups excluding carboxylic acids is 1. The Balaban J connectivity index is 2.68. The smallest absolute Gasteiger partial charge is 0.345 e. The number of anilines is 1. The molecule has 0 bridgehead atoms. The maximum absolute atomic E-state index is 12.3. The first kappa shape index (κ1) is 8.47. The van der Waals surface area contributed by atoms with Crippen LogP contribution < -0.4 is 10.2 Å². The Bertz CT molecular complexity index is 859. The highest BCUT2D eigenvalue weighted by molar-refractivity contribution is 5.95. The molecule has 1 aliphatic rings. The maximum Gasteiger partial charge on any atom is 0.345 e. The van der Waals surface area contributed by atoms with Crippen LogP contribution in [0.1, 0.15) is 42.1 Å². The van der Waals surface area contributed by atoms with E-state index in [1.54, 1.807) is 26.1 Å². The number of hydrogen-bond acceptors (Lipinski definition) is 6. The predicted octanol–water partition coefficient (Wildman–Crippen LogP) is 1.96. The van der Waals surface area contributed by atoms with E-state index < -0.39 is 59.4 Å². The third-order valence-corrected chi connectivity index (χ3v) is 2.52. The SMILES string of the molecule is [2H]C1([2H])NC([2H])([2H])C([2H])([2H])N(c2ccc(C(=O)OC(C)(C)C)c([N+](=O)[O-])c2)C1([2H])[2H]. The number of nitrogens with one attached hydrogen (secondary N) is 1. The van der Waals surface area contributed by atoms with Crippen LogP contribution in [0.5, 0.6) is 0 Å². The minimum atomic E-state index is -3.16. The number of nitro benzene ring substituents is 1. The summed E-state index contributed by atoms with van der Waals surface area (Å²) in [6, 6.07) is 2.59. The zero-order chi connectivity index (χ0) is 23.5. The van der Waals surface area contributed by atoms with Crippen molar-refractivity contribution in [1.29, 1.82) is 0 Å². The fourth-order valence-corrected chi connectivity index (χ4v) is 1.67. The molecule has 0 unspecified atom stereocenters. The number of rotatable bonds is 3. The van der Waals surface area contributed by atoms with Gasteiger partial charge in [0, 0.05) is 43.2 Å². The fraction of sp³-hybridized carbons (Fsp3) is 0.533. The molecule has 1 aliphatic heterocycles. The summed E-state index contributed by atoms with van der Waals surface area (Å²) in [5.41, 5.74) is -2.78. The van der Waals surface area contributed by atoms with Gasteiger partial charge in [-0.15, -0.1) is 0 Å². The van der Waals surface area contributed by atoms with Gasteiger partial charge in [0.15, 0.2) is 0 Å². The molecule has 1 aromatic rings. The molecule has 22 heavy (non-hydrogen) atoms. The van der Waals surface area contributed by atoms with Crippen LogP contribution in [0.15, 0.2) is 18.2 Å². The molecule has 0 aliphatic carbocycles. The Hall–Kier alpha value is -2.15. The van der Waals surface area contributed by atoms with E-state index >= 15 is 0 Å². The van der Waals surface area contributed by atoms with Crippen molar-refractivity contribution >= 4 is 17.3 Å². The maximum atomic E-state index is 12.3. The van der Waals surface area contributed by atoms with Gasteiger partial charge in [-0.3, -0.25) is 10.1 Å². The van der Waals surface area contributed by atoms with Crippen molar-refractivity contribution in [3.8, 4) is 0 Å². The largest absolute Gasteiger partial charge is 0.456 e. The number of ether oxygens (including phenoxy) is 1. The lowest BCUT2D eigenvalue weighted by atomic mass is 10.1. The molecule has 7 heteroatoms. The highest BCUT2D eigenvalue weighted by atomic mass is 16.6. The molecule has 1 fully saturated rings. The Kier molecular flexibility index (Phi) is 2.43. The van der Waals surface area contributed by atoms with Gasteiger partial charge < -0.3 is 15.0 Å². The molecule has 0 amide bonds. The Morgan fingerprint density at radius 2 is 2.05 bits per heavy atom. The topological polar surface area (TPSA) is 84.7 Å². The number of nitro groups is 1. The average Bonchev–Trinajstić information content (AvgIpc) is 2.50. The van der Waals surface area contributed by atoms with Crippen LogP contribution in [0, 0.1) is 10.1 Å². The van der Waals surface area contributed by atoms with E-state index in [1.165, 1.54) is 0 Å². The van der Waals surface area contributed by atoms with Gasteiger partial charge in [-0.05, 0) is 32.9 Å².